The zero-order chi connectivity index (χ0) is 10.8. The molecule has 0 radical (unpaired) electrons. The van der Waals surface area contributed by atoms with Crippen LogP contribution in [0, 0.1) is 0 Å². The van der Waals surface area contributed by atoms with E-state index in [4.69, 9.17) is 0 Å². The van der Waals surface area contributed by atoms with Crippen LogP contribution < -0.4 is 0 Å². The minimum Gasteiger partial charge on any atom is -0.298 e. The summed E-state index contributed by atoms with van der Waals surface area (Å²) in [5, 5.41) is 0. The van der Waals surface area contributed by atoms with Crippen LogP contribution in [-0.2, 0) is 4.79 Å². The Labute approximate surface area is 89.4 Å². The summed E-state index contributed by atoms with van der Waals surface area (Å²) in [7, 11) is 1.97. The number of aromatic nitrogens is 1. The number of carbonyl (C=O) groups is 1. The summed E-state index contributed by atoms with van der Waals surface area (Å²) < 4.78 is 0. The minimum absolute atomic E-state index is 0.0619. The number of hydrogen-bond donors (Lipinski definition) is 0. The molecule has 2 heterocycles. The smallest absolute Gasteiger partial charge is 0.150 e. The lowest BCUT2D eigenvalue weighted by atomic mass is 10.1. The Morgan fingerprint density at radius 2 is 2.13 bits per heavy atom. The molecular weight excluding hydrogens is 188 g/mol. The minimum atomic E-state index is -0.0619. The summed E-state index contributed by atoms with van der Waals surface area (Å²) in [5.41, 5.74) is 2.36. The van der Waals surface area contributed by atoms with E-state index in [1.54, 1.807) is 19.3 Å². The summed E-state index contributed by atoms with van der Waals surface area (Å²) in [6, 6.07) is 3.89. The van der Waals surface area contributed by atoms with Crippen molar-refractivity contribution in [3.8, 4) is 0 Å². The molecule has 78 valence electrons. The number of likely N-dealkylation sites (N-methyl/N-ethyl adjacent to an activating group) is 1. The number of hydrogen-bond acceptors (Lipinski definition) is 3. The lowest BCUT2D eigenvalue weighted by Crippen LogP contribution is -2.31. The van der Waals surface area contributed by atoms with Gasteiger partial charge in [0.2, 0.25) is 0 Å². The molecule has 0 N–H and O–H groups in total. The molecule has 1 atom stereocenters. The van der Waals surface area contributed by atoms with Crippen molar-refractivity contribution in [3.63, 3.8) is 0 Å². The van der Waals surface area contributed by atoms with Gasteiger partial charge in [-0.15, -0.1) is 0 Å². The topological polar surface area (TPSA) is 33.2 Å². The van der Waals surface area contributed by atoms with E-state index in [1.807, 2.05) is 25.3 Å². The molecule has 3 heteroatoms. The SMILES string of the molecule is CC(=O)C1C=C(c2ccncc2)CN1C. The molecule has 1 aliphatic heterocycles. The molecule has 0 amide bonds. The summed E-state index contributed by atoms with van der Waals surface area (Å²) in [6.07, 6.45) is 5.59. The largest absolute Gasteiger partial charge is 0.298 e. The standard InChI is InChI=1S/C12H14N2O/c1-9(15)12-7-11(8-14(12)2)10-3-5-13-6-4-10/h3-7,12H,8H2,1-2H3. The van der Waals surface area contributed by atoms with Crippen LogP contribution in [0.4, 0.5) is 0 Å². The fraction of sp³-hybridized carbons (Fsp3) is 0.333. The molecule has 0 aliphatic carbocycles. The Morgan fingerprint density at radius 1 is 1.47 bits per heavy atom. The molecule has 15 heavy (non-hydrogen) atoms. The van der Waals surface area contributed by atoms with E-state index < -0.39 is 0 Å². The Balaban J connectivity index is 2.27. The highest BCUT2D eigenvalue weighted by molar-refractivity contribution is 5.88. The van der Waals surface area contributed by atoms with Gasteiger partial charge >= 0.3 is 0 Å². The van der Waals surface area contributed by atoms with Gasteiger partial charge in [0.1, 0.15) is 0 Å². The van der Waals surface area contributed by atoms with E-state index in [-0.39, 0.29) is 11.8 Å². The van der Waals surface area contributed by atoms with E-state index >= 15 is 0 Å². The number of ketones is 1. The van der Waals surface area contributed by atoms with E-state index in [0.29, 0.717) is 0 Å². The van der Waals surface area contributed by atoms with Gasteiger partial charge in [-0.3, -0.25) is 14.7 Å². The van der Waals surface area contributed by atoms with Crippen molar-refractivity contribution in [2.45, 2.75) is 13.0 Å². The molecule has 0 saturated carbocycles. The molecule has 0 saturated heterocycles. The third-order valence-corrected chi connectivity index (χ3v) is 2.72. The van der Waals surface area contributed by atoms with Crippen molar-refractivity contribution in [1.29, 1.82) is 0 Å². The number of rotatable bonds is 2. The monoisotopic (exact) mass is 202 g/mol. The van der Waals surface area contributed by atoms with Crippen LogP contribution in [-0.4, -0.2) is 35.3 Å². The summed E-state index contributed by atoms with van der Waals surface area (Å²) in [4.78, 5) is 17.4. The van der Waals surface area contributed by atoms with E-state index in [1.165, 1.54) is 5.57 Å². The average Bonchev–Trinajstić information content (AvgIpc) is 2.62. The fourth-order valence-electron chi connectivity index (χ4n) is 1.92. The number of carbonyl (C=O) groups excluding carboxylic acids is 1. The van der Waals surface area contributed by atoms with E-state index in [0.717, 1.165) is 12.1 Å². The molecule has 0 fully saturated rings. The molecule has 2 rings (SSSR count). The molecule has 1 unspecified atom stereocenters. The van der Waals surface area contributed by atoms with Crippen LogP contribution in [0.5, 0.6) is 0 Å². The van der Waals surface area contributed by atoms with Crippen molar-refractivity contribution in [1.82, 2.24) is 9.88 Å². The lowest BCUT2D eigenvalue weighted by molar-refractivity contribution is -0.119. The first-order valence-corrected chi connectivity index (χ1v) is 5.00. The predicted molar refractivity (Wildman–Crippen MR) is 59.3 cm³/mol. The van der Waals surface area contributed by atoms with E-state index in [2.05, 4.69) is 9.88 Å². The molecule has 0 aromatic carbocycles. The second-order valence-corrected chi connectivity index (χ2v) is 3.90. The second kappa shape index (κ2) is 3.95. The number of pyridine rings is 1. The van der Waals surface area contributed by atoms with Crippen LogP contribution in [0.1, 0.15) is 12.5 Å². The molecule has 1 aromatic rings. The van der Waals surface area contributed by atoms with Gasteiger partial charge in [-0.2, -0.15) is 0 Å². The van der Waals surface area contributed by atoms with Crippen molar-refractivity contribution >= 4 is 11.4 Å². The molecule has 1 aromatic heterocycles. The normalized spacial score (nSPS) is 21.5. The van der Waals surface area contributed by atoms with Crippen LogP contribution in [0.25, 0.3) is 5.57 Å². The van der Waals surface area contributed by atoms with Crippen molar-refractivity contribution < 1.29 is 4.79 Å². The predicted octanol–water partition coefficient (Wildman–Crippen LogP) is 1.37. The van der Waals surface area contributed by atoms with Crippen LogP contribution >= 0.6 is 0 Å². The lowest BCUT2D eigenvalue weighted by Gasteiger charge is -2.15. The van der Waals surface area contributed by atoms with Crippen LogP contribution in [0.3, 0.4) is 0 Å². The number of nitrogens with zero attached hydrogens (tertiary/aromatic N) is 2. The van der Waals surface area contributed by atoms with Crippen molar-refractivity contribution in [2.75, 3.05) is 13.6 Å². The van der Waals surface area contributed by atoms with Gasteiger partial charge in [0.25, 0.3) is 0 Å². The Kier molecular flexibility index (Phi) is 2.64. The first-order chi connectivity index (χ1) is 7.18. The van der Waals surface area contributed by atoms with E-state index in [9.17, 15) is 4.79 Å². The van der Waals surface area contributed by atoms with Crippen LogP contribution in [0.15, 0.2) is 30.6 Å². The molecule has 1 aliphatic rings. The van der Waals surface area contributed by atoms with Gasteiger partial charge in [-0.25, -0.2) is 0 Å². The first-order valence-electron chi connectivity index (χ1n) is 5.00. The maximum atomic E-state index is 11.3. The maximum absolute atomic E-state index is 11.3. The average molecular weight is 202 g/mol. The highest BCUT2D eigenvalue weighted by Crippen LogP contribution is 2.23. The maximum Gasteiger partial charge on any atom is 0.150 e. The third-order valence-electron chi connectivity index (χ3n) is 2.72. The highest BCUT2D eigenvalue weighted by atomic mass is 16.1. The van der Waals surface area contributed by atoms with Crippen molar-refractivity contribution in [3.05, 3.63) is 36.2 Å². The van der Waals surface area contributed by atoms with Gasteiger partial charge in [0.05, 0.1) is 6.04 Å². The Bertz CT molecular complexity index is 397. The van der Waals surface area contributed by atoms with Gasteiger partial charge in [-0.05, 0) is 37.2 Å². The second-order valence-electron chi connectivity index (χ2n) is 3.90. The zero-order valence-electron chi connectivity index (χ0n) is 8.97. The molecule has 0 bridgehead atoms. The fourth-order valence-corrected chi connectivity index (χ4v) is 1.92. The molecular formula is C12H14N2O. The van der Waals surface area contributed by atoms with Crippen LogP contribution in [0.2, 0.25) is 0 Å². The summed E-state index contributed by atoms with van der Waals surface area (Å²) in [6.45, 7) is 2.46. The van der Waals surface area contributed by atoms with Crippen molar-refractivity contribution in [2.24, 2.45) is 0 Å². The van der Waals surface area contributed by atoms with Gasteiger partial charge in [0, 0.05) is 18.9 Å². The third kappa shape index (κ3) is 1.97. The Morgan fingerprint density at radius 3 is 2.67 bits per heavy atom. The highest BCUT2D eigenvalue weighted by Gasteiger charge is 2.25. The molecule has 3 nitrogen and oxygen atoms in total. The van der Waals surface area contributed by atoms with Gasteiger partial charge in [0.15, 0.2) is 5.78 Å². The van der Waals surface area contributed by atoms with Gasteiger partial charge < -0.3 is 0 Å². The quantitative estimate of drug-likeness (QED) is 0.726. The first kappa shape index (κ1) is 10.1. The summed E-state index contributed by atoms with van der Waals surface area (Å²) in [5.74, 6) is 0.196. The number of Topliss-reactive ketones (excluding diaryl/α,β-unsaturated/α-hetero) is 1. The Hall–Kier alpha value is -1.48. The van der Waals surface area contributed by atoms with Gasteiger partial charge in [-0.1, -0.05) is 6.08 Å². The summed E-state index contributed by atoms with van der Waals surface area (Å²) >= 11 is 0. The molecule has 0 spiro atoms. The zero-order valence-corrected chi connectivity index (χ0v) is 8.97.